The minimum absolute atomic E-state index is 0.0525. The summed E-state index contributed by atoms with van der Waals surface area (Å²) in [6, 6.07) is 12.0. The highest BCUT2D eigenvalue weighted by Crippen LogP contribution is 2.32. The lowest BCUT2D eigenvalue weighted by molar-refractivity contribution is -0.116. The summed E-state index contributed by atoms with van der Waals surface area (Å²) in [6.07, 6.45) is 7.93. The van der Waals surface area contributed by atoms with E-state index in [-0.39, 0.29) is 11.7 Å². The molecular weight excluding hydrogens is 471 g/mol. The Morgan fingerprint density at radius 1 is 1.00 bits per heavy atom. The second-order valence-corrected chi connectivity index (χ2v) is 8.60. The number of halogens is 1. The number of nitrogens with zero attached hydrogens (tertiary/aromatic N) is 5. The molecule has 0 saturated carbocycles. The lowest BCUT2D eigenvalue weighted by Crippen LogP contribution is -2.10. The fourth-order valence-electron chi connectivity index (χ4n) is 4.27. The van der Waals surface area contributed by atoms with E-state index < -0.39 is 0 Å². The van der Waals surface area contributed by atoms with Gasteiger partial charge in [-0.3, -0.25) is 14.9 Å². The highest BCUT2D eigenvalue weighted by atomic mass is 19.1. The summed E-state index contributed by atoms with van der Waals surface area (Å²) in [5.41, 5.74) is 6.06. The summed E-state index contributed by atoms with van der Waals surface area (Å²) >= 11 is 0. The zero-order valence-electron chi connectivity index (χ0n) is 19.8. The number of benzene rings is 1. The minimum Gasteiger partial charge on any atom is -0.325 e. The van der Waals surface area contributed by atoms with Crippen LogP contribution in [0.2, 0.25) is 0 Å². The summed E-state index contributed by atoms with van der Waals surface area (Å²) < 4.78 is 13.9. The second-order valence-electron chi connectivity index (χ2n) is 8.60. The van der Waals surface area contributed by atoms with Gasteiger partial charge in [0.05, 0.1) is 17.3 Å². The predicted octanol–water partition coefficient (Wildman–Crippen LogP) is 5.50. The molecule has 9 nitrogen and oxygen atoms in total. The average molecular weight is 493 g/mol. The zero-order valence-corrected chi connectivity index (χ0v) is 19.8. The molecule has 0 radical (unpaired) electrons. The number of hydrogen-bond acceptors (Lipinski definition) is 6. The molecule has 0 unspecified atom stereocenters. The maximum atomic E-state index is 13.9. The van der Waals surface area contributed by atoms with Gasteiger partial charge < -0.3 is 10.3 Å². The van der Waals surface area contributed by atoms with Crippen molar-refractivity contribution in [1.29, 1.82) is 0 Å². The molecule has 0 atom stereocenters. The van der Waals surface area contributed by atoms with Crippen molar-refractivity contribution >= 4 is 33.8 Å². The van der Waals surface area contributed by atoms with E-state index in [1.807, 2.05) is 31.2 Å². The number of hydrogen-bond donors (Lipinski definition) is 3. The van der Waals surface area contributed by atoms with Crippen LogP contribution < -0.4 is 5.32 Å². The van der Waals surface area contributed by atoms with E-state index in [0.717, 1.165) is 28.5 Å². The van der Waals surface area contributed by atoms with Crippen molar-refractivity contribution < 1.29 is 9.18 Å². The molecule has 0 saturated heterocycles. The van der Waals surface area contributed by atoms with Gasteiger partial charge in [-0.25, -0.2) is 19.3 Å². The van der Waals surface area contributed by atoms with E-state index >= 15 is 0 Å². The molecule has 0 bridgehead atoms. The monoisotopic (exact) mass is 492 g/mol. The Bertz CT molecular complexity index is 1770. The van der Waals surface area contributed by atoms with Crippen LogP contribution in [0.25, 0.3) is 56.0 Å². The van der Waals surface area contributed by atoms with Gasteiger partial charge in [-0.15, -0.1) is 0 Å². The number of H-pyrrole nitrogens is 2. The van der Waals surface area contributed by atoms with E-state index in [2.05, 4.69) is 35.5 Å². The third kappa shape index (κ3) is 4.29. The van der Waals surface area contributed by atoms with Gasteiger partial charge in [-0.1, -0.05) is 19.1 Å². The highest BCUT2D eigenvalue weighted by Gasteiger charge is 2.17. The second kappa shape index (κ2) is 9.23. The van der Waals surface area contributed by atoms with Gasteiger partial charge >= 0.3 is 0 Å². The Hall–Kier alpha value is -4.99. The van der Waals surface area contributed by atoms with Crippen molar-refractivity contribution in [2.75, 3.05) is 5.32 Å². The van der Waals surface area contributed by atoms with E-state index in [0.29, 0.717) is 46.0 Å². The number of fused-ring (bicyclic) bond motifs is 2. The van der Waals surface area contributed by atoms with Crippen LogP contribution in [0.15, 0.2) is 67.3 Å². The number of amides is 1. The number of anilines is 1. The van der Waals surface area contributed by atoms with E-state index in [4.69, 9.17) is 4.98 Å². The number of rotatable bonds is 6. The van der Waals surface area contributed by atoms with Crippen molar-refractivity contribution in [2.45, 2.75) is 19.8 Å². The fourth-order valence-corrected chi connectivity index (χ4v) is 4.27. The number of nitrogens with one attached hydrogen (secondary N) is 3. The number of imidazole rings is 1. The predicted molar refractivity (Wildman–Crippen MR) is 139 cm³/mol. The SMILES string of the molecule is CCCC(=O)Nc1cncc(-c2cnc3[nH]nc(-c4nc5c(-c6cccc(F)c6)ccnc5[nH]4)c3c2)c1. The van der Waals surface area contributed by atoms with Crippen LogP contribution in [0.1, 0.15) is 19.8 Å². The Labute approximate surface area is 210 Å². The zero-order chi connectivity index (χ0) is 25.4. The third-order valence-electron chi connectivity index (χ3n) is 5.99. The third-order valence-corrected chi connectivity index (χ3v) is 5.99. The summed E-state index contributed by atoms with van der Waals surface area (Å²) in [4.78, 5) is 33.2. The first kappa shape index (κ1) is 22.5. The molecule has 10 heteroatoms. The van der Waals surface area contributed by atoms with Crippen molar-refractivity contribution in [1.82, 2.24) is 35.1 Å². The molecule has 0 aliphatic heterocycles. The van der Waals surface area contributed by atoms with Gasteiger partial charge in [0.2, 0.25) is 5.91 Å². The molecule has 0 aliphatic carbocycles. The van der Waals surface area contributed by atoms with E-state index in [1.54, 1.807) is 30.9 Å². The normalized spacial score (nSPS) is 11.3. The Kier molecular flexibility index (Phi) is 5.61. The molecule has 0 fully saturated rings. The molecule has 0 aliphatic rings. The molecule has 3 N–H and O–H groups in total. The van der Waals surface area contributed by atoms with Gasteiger partial charge in [0.15, 0.2) is 17.1 Å². The number of carbonyl (C=O) groups excluding carboxylic acids is 1. The molecule has 182 valence electrons. The van der Waals surface area contributed by atoms with Gasteiger partial charge in [0.1, 0.15) is 17.0 Å². The molecule has 0 spiro atoms. The molecule has 6 rings (SSSR count). The van der Waals surface area contributed by atoms with Crippen LogP contribution in [0.5, 0.6) is 0 Å². The Morgan fingerprint density at radius 3 is 2.76 bits per heavy atom. The number of carbonyl (C=O) groups is 1. The number of aromatic nitrogens is 7. The first-order chi connectivity index (χ1) is 18.1. The van der Waals surface area contributed by atoms with Crippen molar-refractivity contribution in [3.63, 3.8) is 0 Å². The lowest BCUT2D eigenvalue weighted by atomic mass is 10.1. The molecule has 5 heterocycles. The standard InChI is InChI=1S/C27H21FN8O/c1-2-4-22(37)32-19-10-16(12-29-14-19)17-11-21-24(35-36-25(21)31-13-17)27-33-23-20(7-8-30-26(23)34-27)15-5-3-6-18(28)9-15/h3,5-14H,2,4H2,1H3,(H,32,37)(H,30,33,34)(H,31,35,36). The van der Waals surface area contributed by atoms with Crippen LogP contribution in [-0.2, 0) is 4.79 Å². The molecule has 1 aromatic carbocycles. The fraction of sp³-hybridized carbons (Fsp3) is 0.111. The maximum absolute atomic E-state index is 13.9. The van der Waals surface area contributed by atoms with Crippen LogP contribution in [0, 0.1) is 5.82 Å². The Balaban J connectivity index is 1.40. The molecule has 37 heavy (non-hydrogen) atoms. The van der Waals surface area contributed by atoms with Crippen LogP contribution in [0.3, 0.4) is 0 Å². The highest BCUT2D eigenvalue weighted by molar-refractivity contribution is 5.96. The molecule has 5 aromatic heterocycles. The van der Waals surface area contributed by atoms with Crippen LogP contribution in [-0.4, -0.2) is 41.0 Å². The Morgan fingerprint density at radius 2 is 1.89 bits per heavy atom. The van der Waals surface area contributed by atoms with Crippen LogP contribution >= 0.6 is 0 Å². The average Bonchev–Trinajstić information content (AvgIpc) is 3.52. The van der Waals surface area contributed by atoms with Gasteiger partial charge in [0.25, 0.3) is 0 Å². The minimum atomic E-state index is -0.321. The summed E-state index contributed by atoms with van der Waals surface area (Å²) in [6.45, 7) is 1.96. The van der Waals surface area contributed by atoms with Gasteiger partial charge in [-0.2, -0.15) is 5.10 Å². The van der Waals surface area contributed by atoms with Gasteiger partial charge in [-0.05, 0) is 42.3 Å². The molecular formula is C27H21FN8O. The summed E-state index contributed by atoms with van der Waals surface area (Å²) in [5, 5.41) is 11.0. The molecule has 1 amide bonds. The largest absolute Gasteiger partial charge is 0.325 e. The summed E-state index contributed by atoms with van der Waals surface area (Å²) in [7, 11) is 0. The quantitative estimate of drug-likeness (QED) is 0.282. The number of pyridine rings is 3. The lowest BCUT2D eigenvalue weighted by Gasteiger charge is -2.07. The van der Waals surface area contributed by atoms with Gasteiger partial charge in [0, 0.05) is 41.7 Å². The van der Waals surface area contributed by atoms with Crippen molar-refractivity contribution in [3.8, 4) is 33.8 Å². The number of aromatic amines is 2. The van der Waals surface area contributed by atoms with Crippen molar-refractivity contribution in [3.05, 3.63) is 73.1 Å². The smallest absolute Gasteiger partial charge is 0.224 e. The van der Waals surface area contributed by atoms with Crippen molar-refractivity contribution in [2.24, 2.45) is 0 Å². The topological polar surface area (TPSA) is 125 Å². The summed E-state index contributed by atoms with van der Waals surface area (Å²) in [5.74, 6) is 0.136. The van der Waals surface area contributed by atoms with E-state index in [1.165, 1.54) is 12.1 Å². The first-order valence-corrected chi connectivity index (χ1v) is 11.8. The van der Waals surface area contributed by atoms with E-state index in [9.17, 15) is 9.18 Å². The first-order valence-electron chi connectivity index (χ1n) is 11.8. The van der Waals surface area contributed by atoms with Crippen LogP contribution in [0.4, 0.5) is 10.1 Å². The molecule has 6 aromatic rings. The maximum Gasteiger partial charge on any atom is 0.224 e.